The summed E-state index contributed by atoms with van der Waals surface area (Å²) in [4.78, 5) is 22.3. The summed E-state index contributed by atoms with van der Waals surface area (Å²) in [6.07, 6.45) is 5.11. The summed E-state index contributed by atoms with van der Waals surface area (Å²) in [5.74, 6) is -1.13. The Balaban J connectivity index is 4.86. The quantitative estimate of drug-likeness (QED) is 0.558. The van der Waals surface area contributed by atoms with E-state index in [9.17, 15) is 9.59 Å². The van der Waals surface area contributed by atoms with Gasteiger partial charge in [-0.25, -0.2) is 0 Å². The van der Waals surface area contributed by atoms with Crippen LogP contribution in [0.2, 0.25) is 0 Å². The number of hydrogen-bond donors (Lipinski definition) is 1. The van der Waals surface area contributed by atoms with Crippen molar-refractivity contribution < 1.29 is 9.59 Å². The third kappa shape index (κ3) is 4.28. The van der Waals surface area contributed by atoms with Gasteiger partial charge in [-0.2, -0.15) is 0 Å². The van der Waals surface area contributed by atoms with E-state index in [2.05, 4.69) is 0 Å². The minimum atomic E-state index is -0.404. The van der Waals surface area contributed by atoms with Crippen molar-refractivity contribution in [3.8, 4) is 0 Å². The Morgan fingerprint density at radius 3 is 2.20 bits per heavy atom. The number of nitrogens with two attached hydrogens (primary N) is 1. The lowest BCUT2D eigenvalue weighted by atomic mass is 9.72. The van der Waals surface area contributed by atoms with Gasteiger partial charge in [-0.3, -0.25) is 4.79 Å². The van der Waals surface area contributed by atoms with Crippen molar-refractivity contribution in [3.63, 3.8) is 0 Å². The van der Waals surface area contributed by atoms with E-state index in [4.69, 9.17) is 5.73 Å². The normalized spacial score (nSPS) is 16.3. The van der Waals surface area contributed by atoms with Gasteiger partial charge in [0.05, 0.1) is 5.92 Å². The van der Waals surface area contributed by atoms with Crippen LogP contribution in [0.15, 0.2) is 12.2 Å². The number of carbonyl (C=O) groups excluding carboxylic acids is 2. The van der Waals surface area contributed by atoms with Crippen molar-refractivity contribution in [2.24, 2.45) is 23.0 Å². The molecule has 86 valence electrons. The first-order chi connectivity index (χ1) is 6.84. The molecule has 0 rings (SSSR count). The van der Waals surface area contributed by atoms with Gasteiger partial charge in [0.1, 0.15) is 6.29 Å². The van der Waals surface area contributed by atoms with Gasteiger partial charge in [0.2, 0.25) is 5.91 Å². The highest BCUT2D eigenvalue weighted by Crippen LogP contribution is 2.32. The van der Waals surface area contributed by atoms with Crippen molar-refractivity contribution in [1.82, 2.24) is 0 Å². The van der Waals surface area contributed by atoms with Crippen LogP contribution in [0.3, 0.4) is 0 Å². The molecule has 1 amide bonds. The summed E-state index contributed by atoms with van der Waals surface area (Å²) in [7, 11) is 0. The van der Waals surface area contributed by atoms with Crippen molar-refractivity contribution in [3.05, 3.63) is 12.2 Å². The van der Waals surface area contributed by atoms with Crippen molar-refractivity contribution >= 4 is 12.2 Å². The van der Waals surface area contributed by atoms with Gasteiger partial charge in [0.25, 0.3) is 0 Å². The van der Waals surface area contributed by atoms with Gasteiger partial charge in [-0.1, -0.05) is 32.9 Å². The van der Waals surface area contributed by atoms with Crippen LogP contribution >= 0.6 is 0 Å². The maximum absolute atomic E-state index is 11.3. The molecule has 0 aliphatic heterocycles. The zero-order valence-electron chi connectivity index (χ0n) is 9.99. The van der Waals surface area contributed by atoms with Gasteiger partial charge < -0.3 is 10.5 Å². The van der Waals surface area contributed by atoms with Crippen LogP contribution in [0.5, 0.6) is 0 Å². The first-order valence-corrected chi connectivity index (χ1v) is 5.20. The molecule has 15 heavy (non-hydrogen) atoms. The second-order valence-electron chi connectivity index (χ2n) is 4.84. The summed E-state index contributed by atoms with van der Waals surface area (Å²) in [5.41, 5.74) is 5.09. The fourth-order valence-corrected chi connectivity index (χ4v) is 1.62. The lowest BCUT2D eigenvalue weighted by Gasteiger charge is -2.30. The lowest BCUT2D eigenvalue weighted by molar-refractivity contribution is -0.129. The van der Waals surface area contributed by atoms with Crippen LogP contribution in [0, 0.1) is 17.3 Å². The Morgan fingerprint density at radius 2 is 1.93 bits per heavy atom. The van der Waals surface area contributed by atoms with Crippen LogP contribution in [-0.4, -0.2) is 12.2 Å². The first kappa shape index (κ1) is 13.9. The topological polar surface area (TPSA) is 60.2 Å². The van der Waals surface area contributed by atoms with E-state index < -0.39 is 11.8 Å². The molecule has 0 radical (unpaired) electrons. The van der Waals surface area contributed by atoms with Crippen LogP contribution in [0.4, 0.5) is 0 Å². The molecule has 0 spiro atoms. The van der Waals surface area contributed by atoms with E-state index in [1.165, 1.54) is 0 Å². The third-order valence-electron chi connectivity index (χ3n) is 2.57. The van der Waals surface area contributed by atoms with E-state index in [-0.39, 0.29) is 11.3 Å². The van der Waals surface area contributed by atoms with Gasteiger partial charge in [0, 0.05) is 5.92 Å². The number of primary amides is 1. The number of carbonyl (C=O) groups is 2. The van der Waals surface area contributed by atoms with Crippen molar-refractivity contribution in [2.45, 2.75) is 34.1 Å². The number of rotatable bonds is 5. The van der Waals surface area contributed by atoms with Crippen LogP contribution in [0.1, 0.15) is 34.1 Å². The summed E-state index contributed by atoms with van der Waals surface area (Å²) in [6.45, 7) is 7.71. The molecule has 3 nitrogen and oxygen atoms in total. The summed E-state index contributed by atoms with van der Waals surface area (Å²) in [5, 5.41) is 0. The maximum atomic E-state index is 11.3. The second kappa shape index (κ2) is 5.69. The highest BCUT2D eigenvalue weighted by atomic mass is 16.1. The second-order valence-corrected chi connectivity index (χ2v) is 4.84. The summed E-state index contributed by atoms with van der Waals surface area (Å²) < 4.78 is 0. The monoisotopic (exact) mass is 211 g/mol. The third-order valence-corrected chi connectivity index (χ3v) is 2.57. The zero-order valence-corrected chi connectivity index (χ0v) is 9.99. The van der Waals surface area contributed by atoms with Crippen molar-refractivity contribution in [2.75, 3.05) is 0 Å². The summed E-state index contributed by atoms with van der Waals surface area (Å²) in [6, 6.07) is 0. The molecule has 2 atom stereocenters. The number of amides is 1. The molecular weight excluding hydrogens is 190 g/mol. The van der Waals surface area contributed by atoms with E-state index in [0.717, 1.165) is 6.29 Å². The van der Waals surface area contributed by atoms with Crippen LogP contribution in [-0.2, 0) is 9.59 Å². The fourth-order valence-electron chi connectivity index (χ4n) is 1.62. The van der Waals surface area contributed by atoms with Crippen LogP contribution in [0.25, 0.3) is 0 Å². The van der Waals surface area contributed by atoms with Crippen molar-refractivity contribution in [1.29, 1.82) is 0 Å². The first-order valence-electron chi connectivity index (χ1n) is 5.20. The molecule has 0 bridgehead atoms. The predicted molar refractivity (Wildman–Crippen MR) is 61.1 cm³/mol. The number of hydrogen-bond acceptors (Lipinski definition) is 2. The Morgan fingerprint density at radius 1 is 1.40 bits per heavy atom. The van der Waals surface area contributed by atoms with Crippen LogP contribution < -0.4 is 5.73 Å². The molecule has 0 aliphatic rings. The zero-order chi connectivity index (χ0) is 12.1. The minimum absolute atomic E-state index is 0.233. The molecule has 1 unspecified atom stereocenters. The van der Waals surface area contributed by atoms with Gasteiger partial charge in [-0.05, 0) is 18.8 Å². The largest absolute Gasteiger partial charge is 0.369 e. The molecule has 0 saturated carbocycles. The highest BCUT2D eigenvalue weighted by molar-refractivity contribution is 5.80. The average molecular weight is 211 g/mol. The molecule has 2 N–H and O–H groups in total. The number of aldehydes is 1. The molecule has 0 aromatic heterocycles. The molecule has 0 aliphatic carbocycles. The molecule has 0 aromatic carbocycles. The molecular formula is C12H21NO2. The van der Waals surface area contributed by atoms with Gasteiger partial charge in [-0.15, -0.1) is 0 Å². The Kier molecular flexibility index (Phi) is 5.26. The Labute approximate surface area is 91.7 Å². The molecule has 0 heterocycles. The Hall–Kier alpha value is -1.12. The highest BCUT2D eigenvalue weighted by Gasteiger charge is 2.34. The number of allylic oxidation sites excluding steroid dienone is 2. The molecule has 0 fully saturated rings. The molecule has 0 aromatic rings. The van der Waals surface area contributed by atoms with Gasteiger partial charge in [0.15, 0.2) is 0 Å². The SMILES string of the molecule is C/C=C/C[C@H](C(N)=O)C(C=O)C(C)(C)C. The molecule has 3 heteroatoms. The van der Waals surface area contributed by atoms with E-state index in [1.54, 1.807) is 0 Å². The molecule has 0 saturated heterocycles. The summed E-state index contributed by atoms with van der Waals surface area (Å²) >= 11 is 0. The average Bonchev–Trinajstić information content (AvgIpc) is 2.09. The fraction of sp³-hybridized carbons (Fsp3) is 0.667. The van der Waals surface area contributed by atoms with Gasteiger partial charge >= 0.3 is 0 Å². The van der Waals surface area contributed by atoms with E-state index >= 15 is 0 Å². The lowest BCUT2D eigenvalue weighted by Crippen LogP contribution is -2.37. The van der Waals surface area contributed by atoms with E-state index in [0.29, 0.717) is 6.42 Å². The maximum Gasteiger partial charge on any atom is 0.221 e. The van der Waals surface area contributed by atoms with E-state index in [1.807, 2.05) is 39.8 Å². The smallest absolute Gasteiger partial charge is 0.221 e. The Bertz CT molecular complexity index is 251. The minimum Gasteiger partial charge on any atom is -0.369 e. The predicted octanol–water partition coefficient (Wildman–Crippen LogP) is 1.92. The standard InChI is InChI=1S/C12H21NO2/c1-5-6-7-9(11(13)15)10(8-14)12(2,3)4/h5-6,8-10H,7H2,1-4H3,(H2,13,15)/b6-5+/t9-,10?/m0/s1.